The Balaban J connectivity index is 2.84. The Kier molecular flexibility index (Phi) is 5.66. The Hall–Kier alpha value is -1.92. The van der Waals surface area contributed by atoms with E-state index >= 15 is 0 Å². The van der Waals surface area contributed by atoms with Crippen molar-refractivity contribution in [3.63, 3.8) is 0 Å². The predicted octanol–water partition coefficient (Wildman–Crippen LogP) is 1.72. The molecule has 0 radical (unpaired) electrons. The lowest BCUT2D eigenvalue weighted by Gasteiger charge is -2.17. The molecule has 1 aromatic carbocycles. The number of hydrogen-bond acceptors (Lipinski definition) is 6. The van der Waals surface area contributed by atoms with Crippen molar-refractivity contribution in [2.24, 2.45) is 0 Å². The second-order valence-corrected chi connectivity index (χ2v) is 4.97. The van der Waals surface area contributed by atoms with Crippen LogP contribution < -0.4 is 0 Å². The number of ether oxygens (including phenoxy) is 1. The van der Waals surface area contributed by atoms with E-state index in [0.29, 0.717) is 0 Å². The van der Waals surface area contributed by atoms with Crippen molar-refractivity contribution < 1.29 is 29.2 Å². The SMILES string of the molecule is CC(C)(C)OOC(=O)c1ccccc1C(=O)OCCO. The number of esters is 1. The summed E-state index contributed by atoms with van der Waals surface area (Å²) < 4.78 is 4.78. The average molecular weight is 282 g/mol. The van der Waals surface area contributed by atoms with Gasteiger partial charge in [-0.25, -0.2) is 9.59 Å². The van der Waals surface area contributed by atoms with Crippen molar-refractivity contribution in [3.8, 4) is 0 Å². The first-order valence-corrected chi connectivity index (χ1v) is 6.12. The summed E-state index contributed by atoms with van der Waals surface area (Å²) in [4.78, 5) is 33.2. The zero-order valence-corrected chi connectivity index (χ0v) is 11.7. The molecule has 6 nitrogen and oxygen atoms in total. The molecule has 6 heteroatoms. The highest BCUT2D eigenvalue weighted by Crippen LogP contribution is 2.14. The van der Waals surface area contributed by atoms with Crippen molar-refractivity contribution in [3.05, 3.63) is 35.4 Å². The zero-order chi connectivity index (χ0) is 15.2. The summed E-state index contributed by atoms with van der Waals surface area (Å²) in [5.41, 5.74) is -0.551. The van der Waals surface area contributed by atoms with Crippen LogP contribution in [0, 0.1) is 0 Å². The molecule has 0 atom stereocenters. The van der Waals surface area contributed by atoms with Gasteiger partial charge in [0, 0.05) is 0 Å². The molecule has 0 aliphatic carbocycles. The summed E-state index contributed by atoms with van der Waals surface area (Å²) in [6, 6.07) is 6.06. The minimum absolute atomic E-state index is 0.0414. The molecule has 0 unspecified atom stereocenters. The van der Waals surface area contributed by atoms with E-state index in [-0.39, 0.29) is 24.3 Å². The van der Waals surface area contributed by atoms with E-state index in [1.54, 1.807) is 32.9 Å². The Morgan fingerprint density at radius 1 is 1.10 bits per heavy atom. The molecule has 20 heavy (non-hydrogen) atoms. The molecule has 0 bridgehead atoms. The van der Waals surface area contributed by atoms with Crippen LogP contribution >= 0.6 is 0 Å². The Labute approximate surface area is 117 Å². The molecule has 0 amide bonds. The second-order valence-electron chi connectivity index (χ2n) is 4.97. The molecular formula is C14H18O6. The van der Waals surface area contributed by atoms with Crippen LogP contribution in [0.4, 0.5) is 0 Å². The minimum atomic E-state index is -0.781. The second kappa shape index (κ2) is 7.02. The van der Waals surface area contributed by atoms with Gasteiger partial charge < -0.3 is 9.84 Å². The lowest BCUT2D eigenvalue weighted by atomic mass is 10.1. The van der Waals surface area contributed by atoms with Gasteiger partial charge in [0.15, 0.2) is 0 Å². The predicted molar refractivity (Wildman–Crippen MR) is 70.1 cm³/mol. The largest absolute Gasteiger partial charge is 0.460 e. The van der Waals surface area contributed by atoms with Gasteiger partial charge in [-0.15, -0.1) is 0 Å². The molecule has 0 saturated heterocycles. The third-order valence-electron chi connectivity index (χ3n) is 2.06. The van der Waals surface area contributed by atoms with Gasteiger partial charge in [0.05, 0.1) is 17.7 Å². The highest BCUT2D eigenvalue weighted by atomic mass is 17.2. The van der Waals surface area contributed by atoms with Crippen molar-refractivity contribution in [2.45, 2.75) is 26.4 Å². The molecule has 110 valence electrons. The van der Waals surface area contributed by atoms with E-state index in [9.17, 15) is 9.59 Å². The molecule has 1 rings (SSSR count). The van der Waals surface area contributed by atoms with Gasteiger partial charge in [0.25, 0.3) is 0 Å². The van der Waals surface area contributed by atoms with Crippen molar-refractivity contribution in [2.75, 3.05) is 13.2 Å². The van der Waals surface area contributed by atoms with Crippen molar-refractivity contribution in [1.82, 2.24) is 0 Å². The van der Waals surface area contributed by atoms with Gasteiger partial charge >= 0.3 is 11.9 Å². The molecule has 0 aliphatic rings. The van der Waals surface area contributed by atoms with E-state index in [4.69, 9.17) is 19.6 Å². The molecule has 0 saturated carbocycles. The van der Waals surface area contributed by atoms with Gasteiger partial charge in [0.1, 0.15) is 12.2 Å². The van der Waals surface area contributed by atoms with E-state index in [0.717, 1.165) is 0 Å². The van der Waals surface area contributed by atoms with Crippen LogP contribution in [0.5, 0.6) is 0 Å². The van der Waals surface area contributed by atoms with Gasteiger partial charge in [-0.2, -0.15) is 4.89 Å². The standard InChI is InChI=1S/C14H18O6/c1-14(2,3)20-19-13(17)11-7-5-4-6-10(11)12(16)18-9-8-15/h4-7,15H,8-9H2,1-3H3. The molecular weight excluding hydrogens is 264 g/mol. The zero-order valence-electron chi connectivity index (χ0n) is 11.7. The van der Waals surface area contributed by atoms with Crippen LogP contribution in [0.25, 0.3) is 0 Å². The Morgan fingerprint density at radius 2 is 1.65 bits per heavy atom. The third kappa shape index (κ3) is 4.99. The maximum absolute atomic E-state index is 11.9. The van der Waals surface area contributed by atoms with Crippen LogP contribution in [0.3, 0.4) is 0 Å². The monoisotopic (exact) mass is 282 g/mol. The molecule has 1 N–H and O–H groups in total. The summed E-state index contributed by atoms with van der Waals surface area (Å²) in [5.74, 6) is -1.49. The molecule has 0 aliphatic heterocycles. The van der Waals surface area contributed by atoms with E-state index in [1.165, 1.54) is 12.1 Å². The maximum Gasteiger partial charge on any atom is 0.373 e. The first-order valence-electron chi connectivity index (χ1n) is 6.12. The minimum Gasteiger partial charge on any atom is -0.460 e. The van der Waals surface area contributed by atoms with Gasteiger partial charge in [-0.3, -0.25) is 4.89 Å². The highest BCUT2D eigenvalue weighted by molar-refractivity contribution is 6.02. The van der Waals surface area contributed by atoms with E-state index < -0.39 is 17.5 Å². The first-order chi connectivity index (χ1) is 9.35. The lowest BCUT2D eigenvalue weighted by Crippen LogP contribution is -2.23. The van der Waals surface area contributed by atoms with Gasteiger partial charge in [0.2, 0.25) is 0 Å². The fraction of sp³-hybridized carbons (Fsp3) is 0.429. The van der Waals surface area contributed by atoms with Crippen molar-refractivity contribution in [1.29, 1.82) is 0 Å². The average Bonchev–Trinajstić information content (AvgIpc) is 2.41. The summed E-state index contributed by atoms with van der Waals surface area (Å²) in [6.07, 6.45) is 0. The lowest BCUT2D eigenvalue weighted by molar-refractivity contribution is -0.301. The summed E-state index contributed by atoms with van der Waals surface area (Å²) in [5, 5.41) is 8.63. The fourth-order valence-corrected chi connectivity index (χ4v) is 1.26. The molecule has 0 heterocycles. The van der Waals surface area contributed by atoms with Gasteiger partial charge in [-0.1, -0.05) is 12.1 Å². The number of hydrogen-bond donors (Lipinski definition) is 1. The van der Waals surface area contributed by atoms with Crippen LogP contribution in [0.15, 0.2) is 24.3 Å². The summed E-state index contributed by atoms with van der Waals surface area (Å²) in [7, 11) is 0. The fourth-order valence-electron chi connectivity index (χ4n) is 1.26. The summed E-state index contributed by atoms with van der Waals surface area (Å²) in [6.45, 7) is 4.75. The van der Waals surface area contributed by atoms with Crippen LogP contribution in [-0.2, 0) is 14.5 Å². The Morgan fingerprint density at radius 3 is 2.15 bits per heavy atom. The topological polar surface area (TPSA) is 82.1 Å². The number of rotatable bonds is 5. The van der Waals surface area contributed by atoms with Crippen LogP contribution in [0.2, 0.25) is 0 Å². The summed E-state index contributed by atoms with van der Waals surface area (Å²) >= 11 is 0. The van der Waals surface area contributed by atoms with Crippen molar-refractivity contribution >= 4 is 11.9 Å². The van der Waals surface area contributed by atoms with Crippen LogP contribution in [0.1, 0.15) is 41.5 Å². The number of carbonyl (C=O) groups excluding carboxylic acids is 2. The normalized spacial score (nSPS) is 11.0. The van der Waals surface area contributed by atoms with Crippen LogP contribution in [-0.4, -0.2) is 35.9 Å². The number of benzene rings is 1. The number of carbonyl (C=O) groups is 2. The van der Waals surface area contributed by atoms with E-state index in [1.807, 2.05) is 0 Å². The molecule has 0 fully saturated rings. The number of aliphatic hydroxyl groups is 1. The van der Waals surface area contributed by atoms with E-state index in [2.05, 4.69) is 0 Å². The molecule has 0 aromatic heterocycles. The van der Waals surface area contributed by atoms with Gasteiger partial charge in [-0.05, 0) is 32.9 Å². The third-order valence-corrected chi connectivity index (χ3v) is 2.06. The Bertz CT molecular complexity index is 475. The maximum atomic E-state index is 11.9. The molecule has 0 spiro atoms. The molecule has 1 aromatic rings. The quantitative estimate of drug-likeness (QED) is 0.503. The smallest absolute Gasteiger partial charge is 0.373 e. The first kappa shape index (κ1) is 16.1. The highest BCUT2D eigenvalue weighted by Gasteiger charge is 2.22. The number of aliphatic hydroxyl groups excluding tert-OH is 1.